The molecule has 0 atom stereocenters. The highest BCUT2D eigenvalue weighted by molar-refractivity contribution is 9.10. The van der Waals surface area contributed by atoms with Crippen LogP contribution in [0.25, 0.3) is 0 Å². The number of alkyl halides is 1. The van der Waals surface area contributed by atoms with Crippen LogP contribution in [0.15, 0.2) is 16.6 Å². The van der Waals surface area contributed by atoms with E-state index >= 15 is 0 Å². The highest BCUT2D eigenvalue weighted by Gasteiger charge is 2.17. The van der Waals surface area contributed by atoms with Crippen LogP contribution in [-0.4, -0.2) is 18.8 Å². The average Bonchev–Trinajstić information content (AvgIpc) is 2.20. The monoisotopic (exact) mass is 280 g/mol. The number of carbonyl (C=O) groups excluding carboxylic acids is 1. The quantitative estimate of drug-likeness (QED) is 0.629. The van der Waals surface area contributed by atoms with E-state index in [0.717, 1.165) is 0 Å². The molecule has 76 valence electrons. The first-order valence-electron chi connectivity index (χ1n) is 3.73. The molecule has 1 aromatic carbocycles. The topological polar surface area (TPSA) is 26.3 Å². The van der Waals surface area contributed by atoms with Gasteiger partial charge in [0.15, 0.2) is 17.3 Å². The van der Waals surface area contributed by atoms with Gasteiger partial charge in [0, 0.05) is 0 Å². The highest BCUT2D eigenvalue weighted by atomic mass is 79.9. The van der Waals surface area contributed by atoms with Crippen LogP contribution in [0, 0.1) is 5.82 Å². The Labute approximate surface area is 94.1 Å². The maximum atomic E-state index is 13.4. The molecule has 5 heteroatoms. The number of hydrogen-bond acceptors (Lipinski definition) is 2. The zero-order chi connectivity index (χ0) is 10.7. The molecule has 0 saturated heterocycles. The summed E-state index contributed by atoms with van der Waals surface area (Å²) in [5, 5.41) is 0. The van der Waals surface area contributed by atoms with Gasteiger partial charge in [0.1, 0.15) is 0 Å². The number of hydrogen-bond donors (Lipinski definition) is 0. The van der Waals surface area contributed by atoms with Crippen molar-refractivity contribution in [3.05, 3.63) is 28.0 Å². The first kappa shape index (κ1) is 11.5. The summed E-state index contributed by atoms with van der Waals surface area (Å²) >= 11 is 8.36. The molecule has 0 fully saturated rings. The Morgan fingerprint density at radius 3 is 2.79 bits per heavy atom. The molecule has 0 spiro atoms. The lowest BCUT2D eigenvalue weighted by atomic mass is 10.1. The summed E-state index contributed by atoms with van der Waals surface area (Å²) in [7, 11) is 1.30. The van der Waals surface area contributed by atoms with Crippen LogP contribution in [0.2, 0.25) is 0 Å². The molecule has 0 saturated carbocycles. The number of ether oxygens (including phenoxy) is 1. The van der Waals surface area contributed by atoms with Crippen molar-refractivity contribution in [1.29, 1.82) is 0 Å². The second-order valence-electron chi connectivity index (χ2n) is 2.50. The molecule has 2 nitrogen and oxygen atoms in total. The zero-order valence-corrected chi connectivity index (χ0v) is 9.65. The Bertz CT molecular complexity index is 368. The number of methoxy groups -OCH3 is 1. The molecule has 0 amide bonds. The van der Waals surface area contributed by atoms with Gasteiger partial charge in [-0.15, -0.1) is 11.6 Å². The van der Waals surface area contributed by atoms with Gasteiger partial charge in [-0.3, -0.25) is 4.79 Å². The van der Waals surface area contributed by atoms with E-state index < -0.39 is 5.82 Å². The summed E-state index contributed by atoms with van der Waals surface area (Å²) in [5.41, 5.74) is 0.156. The van der Waals surface area contributed by atoms with Gasteiger partial charge in [-0.05, 0) is 28.1 Å². The van der Waals surface area contributed by atoms with Crippen molar-refractivity contribution in [1.82, 2.24) is 0 Å². The molecule has 0 aliphatic rings. The predicted octanol–water partition coefficient (Wildman–Crippen LogP) is 3.02. The second-order valence-corrected chi connectivity index (χ2v) is 3.62. The summed E-state index contributed by atoms with van der Waals surface area (Å²) < 4.78 is 18.4. The molecule has 0 bridgehead atoms. The van der Waals surface area contributed by atoms with Gasteiger partial charge in [0.05, 0.1) is 23.0 Å². The van der Waals surface area contributed by atoms with Crippen LogP contribution in [0.1, 0.15) is 10.4 Å². The van der Waals surface area contributed by atoms with Gasteiger partial charge >= 0.3 is 0 Å². The Hall–Kier alpha value is -0.610. The van der Waals surface area contributed by atoms with Crippen LogP contribution in [0.3, 0.4) is 0 Å². The van der Waals surface area contributed by atoms with Crippen molar-refractivity contribution < 1.29 is 13.9 Å². The minimum atomic E-state index is -0.594. The van der Waals surface area contributed by atoms with Crippen LogP contribution in [-0.2, 0) is 0 Å². The first-order chi connectivity index (χ1) is 6.61. The van der Waals surface area contributed by atoms with Crippen molar-refractivity contribution in [2.45, 2.75) is 0 Å². The van der Waals surface area contributed by atoms with E-state index in [-0.39, 0.29) is 27.4 Å². The van der Waals surface area contributed by atoms with Gasteiger partial charge in [0.25, 0.3) is 0 Å². The minimum Gasteiger partial charge on any atom is -0.493 e. The van der Waals surface area contributed by atoms with E-state index in [1.165, 1.54) is 19.2 Å². The molecule has 14 heavy (non-hydrogen) atoms. The van der Waals surface area contributed by atoms with E-state index in [1.807, 2.05) is 0 Å². The Morgan fingerprint density at radius 2 is 2.29 bits per heavy atom. The fourth-order valence-electron chi connectivity index (χ4n) is 1.02. The van der Waals surface area contributed by atoms with Crippen LogP contribution in [0.5, 0.6) is 5.75 Å². The summed E-state index contributed by atoms with van der Waals surface area (Å²) in [4.78, 5) is 11.3. The number of Topliss-reactive ketones (excluding diaryl/α,β-unsaturated/α-hetero) is 1. The predicted molar refractivity (Wildman–Crippen MR) is 55.7 cm³/mol. The highest BCUT2D eigenvalue weighted by Crippen LogP contribution is 2.29. The third-order valence-electron chi connectivity index (χ3n) is 1.68. The number of carbonyl (C=O) groups is 1. The van der Waals surface area contributed by atoms with Crippen molar-refractivity contribution >= 4 is 33.3 Å². The second kappa shape index (κ2) is 4.75. The Kier molecular flexibility index (Phi) is 3.89. The average molecular weight is 282 g/mol. The van der Waals surface area contributed by atoms with Gasteiger partial charge in [-0.25, -0.2) is 4.39 Å². The fraction of sp³-hybridized carbons (Fsp3) is 0.222. The van der Waals surface area contributed by atoms with Crippen molar-refractivity contribution in [2.24, 2.45) is 0 Å². The number of rotatable bonds is 3. The van der Waals surface area contributed by atoms with Crippen LogP contribution in [0.4, 0.5) is 4.39 Å². The SMILES string of the molecule is COc1c(C(=O)CCl)ccc(Br)c1F. The summed E-state index contributed by atoms with van der Waals surface area (Å²) in [6, 6.07) is 2.91. The fourth-order valence-corrected chi connectivity index (χ4v) is 1.48. The Balaban J connectivity index is 3.31. The molecule has 0 unspecified atom stereocenters. The van der Waals surface area contributed by atoms with Crippen molar-refractivity contribution in [2.75, 3.05) is 13.0 Å². The lowest BCUT2D eigenvalue weighted by Crippen LogP contribution is -2.05. The molecule has 0 aliphatic carbocycles. The van der Waals surface area contributed by atoms with Crippen molar-refractivity contribution in [3.8, 4) is 5.75 Å². The molecule has 1 aromatic rings. The third-order valence-corrected chi connectivity index (χ3v) is 2.53. The maximum Gasteiger partial charge on any atom is 0.181 e. The molecule has 0 heterocycles. The molecule has 0 N–H and O–H groups in total. The summed E-state index contributed by atoms with van der Waals surface area (Å²) in [5.74, 6) is -1.24. The molecule has 1 rings (SSSR count). The molecule has 0 aliphatic heterocycles. The van der Waals surface area contributed by atoms with Crippen LogP contribution >= 0.6 is 27.5 Å². The van der Waals surface area contributed by atoms with Crippen molar-refractivity contribution in [3.63, 3.8) is 0 Å². The minimum absolute atomic E-state index is 0.0787. The van der Waals surface area contributed by atoms with Gasteiger partial charge in [-0.2, -0.15) is 0 Å². The standard InChI is InChI=1S/C9H7BrClFO2/c1-14-9-5(7(13)4-11)2-3-6(10)8(9)12/h2-3H,4H2,1H3. The molecule has 0 radical (unpaired) electrons. The van der Waals surface area contributed by atoms with E-state index in [4.69, 9.17) is 16.3 Å². The van der Waals surface area contributed by atoms with E-state index in [2.05, 4.69) is 15.9 Å². The molecular weight excluding hydrogens is 274 g/mol. The van der Waals surface area contributed by atoms with Gasteiger partial charge in [0.2, 0.25) is 0 Å². The lowest BCUT2D eigenvalue weighted by Gasteiger charge is -2.08. The number of halogens is 3. The van der Waals surface area contributed by atoms with E-state index in [1.54, 1.807) is 0 Å². The van der Waals surface area contributed by atoms with Crippen LogP contribution < -0.4 is 4.74 Å². The summed E-state index contributed by atoms with van der Waals surface area (Å²) in [6.07, 6.45) is 0. The third kappa shape index (κ3) is 2.07. The smallest absolute Gasteiger partial charge is 0.181 e. The zero-order valence-electron chi connectivity index (χ0n) is 7.31. The summed E-state index contributed by atoms with van der Waals surface area (Å²) in [6.45, 7) is 0. The Morgan fingerprint density at radius 1 is 1.64 bits per heavy atom. The maximum absolute atomic E-state index is 13.4. The van der Waals surface area contributed by atoms with E-state index in [9.17, 15) is 9.18 Å². The first-order valence-corrected chi connectivity index (χ1v) is 5.05. The number of benzene rings is 1. The number of ketones is 1. The molecule has 0 aromatic heterocycles. The largest absolute Gasteiger partial charge is 0.493 e. The lowest BCUT2D eigenvalue weighted by molar-refractivity contribution is 0.101. The normalized spacial score (nSPS) is 10.0. The van der Waals surface area contributed by atoms with E-state index in [0.29, 0.717) is 0 Å². The van der Waals surface area contributed by atoms with Gasteiger partial charge < -0.3 is 4.74 Å². The van der Waals surface area contributed by atoms with Gasteiger partial charge in [-0.1, -0.05) is 0 Å². The molecular formula is C9H7BrClFO2.